The minimum atomic E-state index is -4.67. The lowest BCUT2D eigenvalue weighted by atomic mass is 9.81. The fourth-order valence-electron chi connectivity index (χ4n) is 4.33. The molecule has 2 fully saturated rings. The second kappa shape index (κ2) is 9.47. The molecule has 1 unspecified atom stereocenters. The van der Waals surface area contributed by atoms with E-state index in [-0.39, 0.29) is 0 Å². The van der Waals surface area contributed by atoms with Gasteiger partial charge < -0.3 is 0 Å². The van der Waals surface area contributed by atoms with Crippen LogP contribution >= 0.6 is 0 Å². The highest BCUT2D eigenvalue weighted by molar-refractivity contribution is 7.79. The lowest BCUT2D eigenvalue weighted by Gasteiger charge is -2.42. The van der Waals surface area contributed by atoms with Crippen molar-refractivity contribution in [3.63, 3.8) is 0 Å². The average Bonchev–Trinajstić information content (AvgIpc) is 2.69. The van der Waals surface area contributed by atoms with Crippen LogP contribution in [0.25, 0.3) is 5.57 Å². The zero-order valence-corrected chi connectivity index (χ0v) is 16.7. The summed E-state index contributed by atoms with van der Waals surface area (Å²) >= 11 is 0. The van der Waals surface area contributed by atoms with E-state index in [1.165, 1.54) is 61.9 Å². The number of fused-ring (bicyclic) bond motifs is 1. The number of nitrogens with zero attached hydrogens (tertiary/aromatic N) is 1. The zero-order chi connectivity index (χ0) is 20.0. The normalized spacial score (nSPS) is 19.9. The third-order valence-corrected chi connectivity index (χ3v) is 5.35. The van der Waals surface area contributed by atoms with Gasteiger partial charge in [-0.25, -0.2) is 0 Å². The maximum Gasteiger partial charge on any atom is 0.394 e. The van der Waals surface area contributed by atoms with Crippen molar-refractivity contribution in [3.8, 4) is 0 Å². The van der Waals surface area contributed by atoms with Gasteiger partial charge in [0.25, 0.3) is 0 Å². The molecule has 0 amide bonds. The summed E-state index contributed by atoms with van der Waals surface area (Å²) < 4.78 is 31.6. The molecule has 0 saturated carbocycles. The molecule has 4 rings (SSSR count). The summed E-state index contributed by atoms with van der Waals surface area (Å²) in [5.74, 6) is 0. The highest BCUT2D eigenvalue weighted by Crippen LogP contribution is 2.38. The van der Waals surface area contributed by atoms with Crippen LogP contribution in [-0.4, -0.2) is 41.6 Å². The van der Waals surface area contributed by atoms with E-state index in [4.69, 9.17) is 17.5 Å². The van der Waals surface area contributed by atoms with Gasteiger partial charge in [-0.15, -0.1) is 0 Å². The summed E-state index contributed by atoms with van der Waals surface area (Å²) in [5.41, 5.74) is 5.92. The lowest BCUT2D eigenvalue weighted by molar-refractivity contribution is 0.148. The number of rotatable bonds is 2. The second-order valence-corrected chi connectivity index (χ2v) is 8.13. The van der Waals surface area contributed by atoms with Gasteiger partial charge in [0.2, 0.25) is 0 Å². The Morgan fingerprint density at radius 2 is 1.32 bits per heavy atom. The fourth-order valence-corrected chi connectivity index (χ4v) is 4.33. The first-order valence-electron chi connectivity index (χ1n) is 9.71. The predicted octanol–water partition coefficient (Wildman–Crippen LogP) is 4.48. The summed E-state index contributed by atoms with van der Waals surface area (Å²) in [6.07, 6.45) is 6.63. The zero-order valence-electron chi connectivity index (χ0n) is 15.9. The first-order valence-corrected chi connectivity index (χ1v) is 11.1. The summed E-state index contributed by atoms with van der Waals surface area (Å²) in [6, 6.07) is 22.7. The van der Waals surface area contributed by atoms with Crippen LogP contribution < -0.4 is 0 Å². The van der Waals surface area contributed by atoms with E-state index >= 15 is 0 Å². The van der Waals surface area contributed by atoms with Gasteiger partial charge in [-0.2, -0.15) is 8.42 Å². The Morgan fingerprint density at radius 1 is 0.821 bits per heavy atom. The van der Waals surface area contributed by atoms with E-state index in [0.29, 0.717) is 6.04 Å². The molecule has 2 aromatic rings. The Bertz CT molecular complexity index is 843. The average molecular weight is 402 g/mol. The van der Waals surface area contributed by atoms with Crippen LogP contribution in [0.1, 0.15) is 43.2 Å². The van der Waals surface area contributed by atoms with Gasteiger partial charge in [0, 0.05) is 6.04 Å². The Hall–Kier alpha value is -1.99. The molecule has 2 N–H and O–H groups in total. The monoisotopic (exact) mass is 401 g/mol. The molecule has 6 heteroatoms. The van der Waals surface area contributed by atoms with Crippen LogP contribution in [0.5, 0.6) is 0 Å². The molecule has 1 atom stereocenters. The first kappa shape index (κ1) is 20.7. The molecule has 0 radical (unpaired) electrons. The number of benzene rings is 2. The molecule has 0 aliphatic carbocycles. The van der Waals surface area contributed by atoms with Gasteiger partial charge in [-0.05, 0) is 61.0 Å². The molecule has 2 heterocycles. The molecule has 28 heavy (non-hydrogen) atoms. The molecule has 2 aromatic carbocycles. The Kier molecular flexibility index (Phi) is 7.02. The van der Waals surface area contributed by atoms with Gasteiger partial charge in [0.05, 0.1) is 0 Å². The molecule has 150 valence electrons. The molecule has 2 aliphatic rings. The van der Waals surface area contributed by atoms with E-state index in [0.717, 1.165) is 0 Å². The number of hydrogen-bond acceptors (Lipinski definition) is 3. The maximum atomic E-state index is 8.74. The minimum absolute atomic E-state index is 0.660. The number of piperidine rings is 2. The van der Waals surface area contributed by atoms with Crippen LogP contribution in [-0.2, 0) is 10.4 Å². The smallest absolute Gasteiger partial charge is 0.297 e. The highest BCUT2D eigenvalue weighted by Gasteiger charge is 2.31. The minimum Gasteiger partial charge on any atom is -0.297 e. The van der Waals surface area contributed by atoms with E-state index < -0.39 is 10.4 Å². The van der Waals surface area contributed by atoms with Crippen LogP contribution in [0.3, 0.4) is 0 Å². The first-order chi connectivity index (χ1) is 13.4. The quantitative estimate of drug-likeness (QED) is 0.725. The van der Waals surface area contributed by atoms with Crippen LogP contribution in [0.4, 0.5) is 0 Å². The van der Waals surface area contributed by atoms with Crippen molar-refractivity contribution < 1.29 is 17.5 Å². The van der Waals surface area contributed by atoms with Gasteiger partial charge in [-0.1, -0.05) is 67.1 Å². The highest BCUT2D eigenvalue weighted by atomic mass is 32.3. The van der Waals surface area contributed by atoms with E-state index in [2.05, 4.69) is 65.6 Å². The largest absolute Gasteiger partial charge is 0.394 e. The topological polar surface area (TPSA) is 77.8 Å². The van der Waals surface area contributed by atoms with Gasteiger partial charge in [0.1, 0.15) is 0 Å². The summed E-state index contributed by atoms with van der Waals surface area (Å²) in [7, 11) is -4.67. The second-order valence-electron chi connectivity index (χ2n) is 7.23. The number of hydrogen-bond donors (Lipinski definition) is 2. The maximum absolute atomic E-state index is 8.74. The fraction of sp³-hybridized carbons (Fsp3) is 0.364. The summed E-state index contributed by atoms with van der Waals surface area (Å²) in [6.45, 7) is 2.57. The van der Waals surface area contributed by atoms with Crippen molar-refractivity contribution in [1.29, 1.82) is 0 Å². The molecule has 0 aromatic heterocycles. The third kappa shape index (κ3) is 5.75. The Morgan fingerprint density at radius 3 is 1.86 bits per heavy atom. The van der Waals surface area contributed by atoms with Gasteiger partial charge in [0.15, 0.2) is 0 Å². The lowest BCUT2D eigenvalue weighted by Crippen LogP contribution is -2.44. The van der Waals surface area contributed by atoms with Crippen molar-refractivity contribution in [2.75, 3.05) is 13.1 Å². The van der Waals surface area contributed by atoms with Crippen LogP contribution in [0, 0.1) is 0 Å². The Balaban J connectivity index is 0.000000403. The van der Waals surface area contributed by atoms with Crippen molar-refractivity contribution in [1.82, 2.24) is 4.90 Å². The molecule has 5 nitrogen and oxygen atoms in total. The van der Waals surface area contributed by atoms with Crippen molar-refractivity contribution in [2.45, 2.75) is 38.1 Å². The summed E-state index contributed by atoms with van der Waals surface area (Å²) in [4.78, 5) is 2.73. The van der Waals surface area contributed by atoms with Gasteiger partial charge >= 0.3 is 10.4 Å². The van der Waals surface area contributed by atoms with E-state index in [1.54, 1.807) is 5.57 Å². The van der Waals surface area contributed by atoms with Gasteiger partial charge in [-0.3, -0.25) is 14.0 Å². The van der Waals surface area contributed by atoms with Crippen molar-refractivity contribution >= 4 is 16.0 Å². The standard InChI is InChI=1S/C22H25N.H2O4S/c1-3-10-18(11-4-1)22(19-12-5-2-6-13-19)20-14-9-17-23-16-8-7-15-21(20)23;1-5(2,3)4/h1-6,10-13,21H,7-9,14-17H2;(H2,1,2,3,4). The molecule has 2 saturated heterocycles. The predicted molar refractivity (Wildman–Crippen MR) is 112 cm³/mol. The molecular formula is C22H27NO4S. The van der Waals surface area contributed by atoms with Crippen LogP contribution in [0.2, 0.25) is 0 Å². The third-order valence-electron chi connectivity index (χ3n) is 5.35. The van der Waals surface area contributed by atoms with Crippen LogP contribution in [0.15, 0.2) is 66.2 Å². The van der Waals surface area contributed by atoms with Crippen molar-refractivity contribution in [3.05, 3.63) is 77.4 Å². The van der Waals surface area contributed by atoms with E-state index in [9.17, 15) is 0 Å². The molecule has 2 aliphatic heterocycles. The molecule has 0 spiro atoms. The molecular weight excluding hydrogens is 374 g/mol. The Labute approximate surface area is 167 Å². The van der Waals surface area contributed by atoms with Crippen molar-refractivity contribution in [2.24, 2.45) is 0 Å². The molecule has 0 bridgehead atoms. The SMILES string of the molecule is O=S(=O)(O)O.c1ccc(C(=C2CCCN3CCCCC23)c2ccccc2)cc1. The van der Waals surface area contributed by atoms with E-state index in [1.807, 2.05) is 0 Å². The summed E-state index contributed by atoms with van der Waals surface area (Å²) in [5, 5.41) is 0.